The normalized spacial score (nSPS) is 14.1. The molecule has 0 spiro atoms. The van der Waals surface area contributed by atoms with Gasteiger partial charge in [0.05, 0.1) is 18.8 Å². The fraction of sp³-hybridized carbons (Fsp3) is 0.857. The maximum Gasteiger partial charge on any atom is 0.414 e. The van der Waals surface area contributed by atoms with Gasteiger partial charge in [-0.25, -0.2) is 9.59 Å². The Morgan fingerprint density at radius 1 is 1.10 bits per heavy atom. The van der Waals surface area contributed by atoms with Crippen molar-refractivity contribution in [3.05, 3.63) is 0 Å². The molecule has 126 valence electrons. The molecule has 0 heterocycles. The van der Waals surface area contributed by atoms with Crippen molar-refractivity contribution >= 4 is 11.9 Å². The van der Waals surface area contributed by atoms with Crippen molar-refractivity contribution in [2.45, 2.75) is 59.8 Å². The van der Waals surface area contributed by atoms with Gasteiger partial charge in [-0.1, -0.05) is 34.6 Å². The maximum absolute atomic E-state index is 9.63. The van der Waals surface area contributed by atoms with Crippen LogP contribution < -0.4 is 5.32 Å². The van der Waals surface area contributed by atoms with Crippen molar-refractivity contribution in [3.8, 4) is 0 Å². The highest BCUT2D eigenvalue weighted by Crippen LogP contribution is 2.21. The Labute approximate surface area is 126 Å². The lowest BCUT2D eigenvalue weighted by Crippen LogP contribution is -2.36. The number of aliphatic carboxylic acids is 2. The number of aliphatic hydroxyl groups excluding tert-OH is 1. The third-order valence-electron chi connectivity index (χ3n) is 2.70. The molecule has 7 nitrogen and oxygen atoms in total. The van der Waals surface area contributed by atoms with Gasteiger partial charge < -0.3 is 25.4 Å². The zero-order valence-electron chi connectivity index (χ0n) is 13.7. The highest BCUT2D eigenvalue weighted by molar-refractivity contribution is 6.27. The molecular formula is C14H29NO6. The number of rotatable bonds is 6. The molecule has 0 bridgehead atoms. The van der Waals surface area contributed by atoms with Crippen molar-refractivity contribution in [2.24, 2.45) is 5.41 Å². The molecule has 0 saturated heterocycles. The molecule has 21 heavy (non-hydrogen) atoms. The van der Waals surface area contributed by atoms with Crippen molar-refractivity contribution in [2.75, 3.05) is 13.2 Å². The third kappa shape index (κ3) is 15.0. The highest BCUT2D eigenvalue weighted by atomic mass is 16.5. The lowest BCUT2D eigenvalue weighted by Gasteiger charge is -2.28. The summed E-state index contributed by atoms with van der Waals surface area (Å²) in [4.78, 5) is 18.2. The number of carboxylic acid groups (broad SMARTS) is 2. The van der Waals surface area contributed by atoms with Gasteiger partial charge in [0.2, 0.25) is 0 Å². The highest BCUT2D eigenvalue weighted by Gasteiger charge is 2.21. The van der Waals surface area contributed by atoms with Gasteiger partial charge >= 0.3 is 11.9 Å². The first kappa shape index (κ1) is 22.1. The molecule has 0 amide bonds. The molecule has 0 saturated carbocycles. The van der Waals surface area contributed by atoms with E-state index in [1.165, 1.54) is 0 Å². The van der Waals surface area contributed by atoms with Gasteiger partial charge in [-0.2, -0.15) is 0 Å². The van der Waals surface area contributed by atoms with Crippen molar-refractivity contribution < 1.29 is 29.6 Å². The minimum atomic E-state index is -1.82. The topological polar surface area (TPSA) is 116 Å². The first-order valence-corrected chi connectivity index (χ1v) is 6.87. The fourth-order valence-electron chi connectivity index (χ4n) is 0.936. The maximum atomic E-state index is 9.63. The molecule has 4 N–H and O–H groups in total. The summed E-state index contributed by atoms with van der Waals surface area (Å²) in [6.07, 6.45) is -0.261. The van der Waals surface area contributed by atoms with Gasteiger partial charge in [0.1, 0.15) is 0 Å². The number of hydrogen-bond donors (Lipinski definition) is 4. The third-order valence-corrected chi connectivity index (χ3v) is 2.70. The lowest BCUT2D eigenvalue weighted by atomic mass is 9.90. The van der Waals surface area contributed by atoms with Crippen LogP contribution in [0.15, 0.2) is 0 Å². The molecule has 2 unspecified atom stereocenters. The van der Waals surface area contributed by atoms with Gasteiger partial charge in [0.25, 0.3) is 0 Å². The molecule has 0 fully saturated rings. The SMILES string of the molecule is CC(C)NCC(O)COC(C)C(C)(C)C.O=C(O)C(=O)O. The molecule has 0 rings (SSSR count). The van der Waals surface area contributed by atoms with E-state index in [9.17, 15) is 5.11 Å². The molecule has 0 aliphatic carbocycles. The van der Waals surface area contributed by atoms with Crippen LogP contribution in [0.2, 0.25) is 0 Å². The standard InChI is InChI=1S/C12H27NO2.C2H2O4/c1-9(2)13-7-11(14)8-15-10(3)12(4,5)6;3-1(4)2(5)6/h9-11,13-14H,7-8H2,1-6H3;(H,3,4)(H,5,6). The van der Waals surface area contributed by atoms with E-state index in [1.54, 1.807) is 0 Å². The van der Waals surface area contributed by atoms with E-state index in [0.29, 0.717) is 19.2 Å². The van der Waals surface area contributed by atoms with Gasteiger partial charge in [-0.05, 0) is 12.3 Å². The van der Waals surface area contributed by atoms with Crippen LogP contribution >= 0.6 is 0 Å². The number of ether oxygens (including phenoxy) is 1. The minimum absolute atomic E-state index is 0.130. The molecule has 0 aromatic heterocycles. The zero-order chi connectivity index (χ0) is 17.2. The summed E-state index contributed by atoms with van der Waals surface area (Å²) in [7, 11) is 0. The van der Waals surface area contributed by atoms with Gasteiger partial charge in [0, 0.05) is 12.6 Å². The largest absolute Gasteiger partial charge is 0.473 e. The lowest BCUT2D eigenvalue weighted by molar-refractivity contribution is -0.159. The van der Waals surface area contributed by atoms with E-state index < -0.39 is 18.0 Å². The number of nitrogens with one attached hydrogen (secondary N) is 1. The summed E-state index contributed by atoms with van der Waals surface area (Å²) in [6.45, 7) is 13.6. The first-order chi connectivity index (χ1) is 9.37. The Morgan fingerprint density at radius 2 is 1.52 bits per heavy atom. The Balaban J connectivity index is 0. The van der Waals surface area contributed by atoms with Crippen LogP contribution in [-0.2, 0) is 14.3 Å². The molecule has 7 heteroatoms. The fourth-order valence-corrected chi connectivity index (χ4v) is 0.936. The zero-order valence-corrected chi connectivity index (χ0v) is 13.7. The summed E-state index contributed by atoms with van der Waals surface area (Å²) in [5.74, 6) is -3.65. The summed E-state index contributed by atoms with van der Waals surface area (Å²) in [6, 6.07) is 0.402. The summed E-state index contributed by atoms with van der Waals surface area (Å²) in [5.41, 5.74) is 0.130. The Kier molecular flexibility index (Phi) is 11.1. The van der Waals surface area contributed by atoms with E-state index >= 15 is 0 Å². The predicted octanol–water partition coefficient (Wildman–Crippen LogP) is 0.952. The predicted molar refractivity (Wildman–Crippen MR) is 79.3 cm³/mol. The second-order valence-corrected chi connectivity index (χ2v) is 6.17. The average molecular weight is 307 g/mol. The van der Waals surface area contributed by atoms with E-state index in [4.69, 9.17) is 24.5 Å². The van der Waals surface area contributed by atoms with E-state index in [-0.39, 0.29) is 11.5 Å². The van der Waals surface area contributed by atoms with Crippen LogP contribution in [0.5, 0.6) is 0 Å². The second kappa shape index (κ2) is 10.5. The second-order valence-electron chi connectivity index (χ2n) is 6.17. The van der Waals surface area contributed by atoms with E-state index in [0.717, 1.165) is 0 Å². The van der Waals surface area contributed by atoms with Crippen LogP contribution in [0.1, 0.15) is 41.5 Å². The number of carbonyl (C=O) groups is 2. The quantitative estimate of drug-likeness (QED) is 0.540. The smallest absolute Gasteiger partial charge is 0.414 e. The van der Waals surface area contributed by atoms with Crippen LogP contribution in [0, 0.1) is 5.41 Å². The molecule has 0 aliphatic heterocycles. The van der Waals surface area contributed by atoms with Crippen molar-refractivity contribution in [1.29, 1.82) is 0 Å². The van der Waals surface area contributed by atoms with Crippen LogP contribution in [0.25, 0.3) is 0 Å². The molecule has 0 radical (unpaired) electrons. The molecular weight excluding hydrogens is 278 g/mol. The monoisotopic (exact) mass is 307 g/mol. The average Bonchev–Trinajstić information content (AvgIpc) is 2.32. The van der Waals surface area contributed by atoms with E-state index in [1.807, 2.05) is 6.92 Å². The van der Waals surface area contributed by atoms with Gasteiger partial charge in [0.15, 0.2) is 0 Å². The number of carboxylic acids is 2. The number of hydrogen-bond acceptors (Lipinski definition) is 5. The van der Waals surface area contributed by atoms with Crippen LogP contribution in [-0.4, -0.2) is 58.7 Å². The van der Waals surface area contributed by atoms with Crippen molar-refractivity contribution in [3.63, 3.8) is 0 Å². The molecule has 2 atom stereocenters. The van der Waals surface area contributed by atoms with Gasteiger partial charge in [-0.15, -0.1) is 0 Å². The molecule has 0 aliphatic rings. The summed E-state index contributed by atoms with van der Waals surface area (Å²) in [5, 5.41) is 27.6. The molecule has 0 aromatic carbocycles. The first-order valence-electron chi connectivity index (χ1n) is 6.87. The summed E-state index contributed by atoms with van der Waals surface area (Å²) < 4.78 is 5.61. The Hall–Kier alpha value is -1.18. The van der Waals surface area contributed by atoms with Crippen LogP contribution in [0.3, 0.4) is 0 Å². The van der Waals surface area contributed by atoms with Crippen molar-refractivity contribution in [1.82, 2.24) is 5.32 Å². The van der Waals surface area contributed by atoms with E-state index in [2.05, 4.69) is 39.9 Å². The number of aliphatic hydroxyl groups is 1. The molecule has 0 aromatic rings. The van der Waals surface area contributed by atoms with Crippen LogP contribution in [0.4, 0.5) is 0 Å². The minimum Gasteiger partial charge on any atom is -0.473 e. The Bertz CT molecular complexity index is 299. The Morgan fingerprint density at radius 3 is 1.81 bits per heavy atom. The van der Waals surface area contributed by atoms with Gasteiger partial charge in [-0.3, -0.25) is 0 Å². The summed E-state index contributed by atoms with van der Waals surface area (Å²) >= 11 is 0.